The van der Waals surface area contributed by atoms with Gasteiger partial charge in [-0.15, -0.1) is 0 Å². The Morgan fingerprint density at radius 2 is 2.11 bits per heavy atom. The van der Waals surface area contributed by atoms with E-state index in [1.165, 1.54) is 25.5 Å². The van der Waals surface area contributed by atoms with Crippen molar-refractivity contribution in [2.24, 2.45) is 0 Å². The van der Waals surface area contributed by atoms with Gasteiger partial charge in [0.2, 0.25) is 5.79 Å². The molecular formula is C23H30N2O3. The summed E-state index contributed by atoms with van der Waals surface area (Å²) < 4.78 is 12.6. The highest BCUT2D eigenvalue weighted by Crippen LogP contribution is 2.40. The number of nitrogens with one attached hydrogen (secondary N) is 1. The van der Waals surface area contributed by atoms with Gasteiger partial charge >= 0.3 is 0 Å². The summed E-state index contributed by atoms with van der Waals surface area (Å²) in [6, 6.07) is 6.87. The van der Waals surface area contributed by atoms with Crippen molar-refractivity contribution in [3.63, 3.8) is 0 Å². The minimum atomic E-state index is -0.470. The fraction of sp³-hybridized carbons (Fsp3) is 0.522. The molecule has 4 rings (SSSR count). The van der Waals surface area contributed by atoms with Gasteiger partial charge in [0.1, 0.15) is 5.75 Å². The Kier molecular flexibility index (Phi) is 5.95. The average Bonchev–Trinajstić information content (AvgIpc) is 2.68. The summed E-state index contributed by atoms with van der Waals surface area (Å²) in [5.74, 6) is 0.439. The maximum absolute atomic E-state index is 8.85. The summed E-state index contributed by atoms with van der Waals surface area (Å²) in [5, 5.41) is 16.6. The van der Waals surface area contributed by atoms with Gasteiger partial charge in [-0.05, 0) is 42.5 Å². The topological polar surface area (TPSA) is 65.8 Å². The Bertz CT molecular complexity index is 759. The molecular weight excluding hydrogens is 352 g/mol. The maximum Gasteiger partial charge on any atom is 0.213 e. The molecule has 0 atom stereocenters. The minimum absolute atomic E-state index is 0.137. The number of rotatable bonds is 6. The molecule has 0 bridgehead atoms. The molecule has 2 fully saturated rings. The van der Waals surface area contributed by atoms with Crippen molar-refractivity contribution in [3.8, 4) is 5.75 Å². The lowest BCUT2D eigenvalue weighted by Gasteiger charge is -2.47. The molecule has 28 heavy (non-hydrogen) atoms. The Morgan fingerprint density at radius 3 is 2.79 bits per heavy atom. The number of benzene rings is 1. The van der Waals surface area contributed by atoms with Gasteiger partial charge in [0.25, 0.3) is 0 Å². The fourth-order valence-electron chi connectivity index (χ4n) is 4.21. The second kappa shape index (κ2) is 8.60. The number of likely N-dealkylation sites (tertiary alicyclic amines) is 1. The van der Waals surface area contributed by atoms with Crippen molar-refractivity contribution in [2.75, 3.05) is 19.7 Å². The third-order valence-corrected chi connectivity index (χ3v) is 6.19. The number of piperidine rings is 1. The molecule has 0 aromatic heterocycles. The fourth-order valence-corrected chi connectivity index (χ4v) is 4.21. The highest BCUT2D eigenvalue weighted by molar-refractivity contribution is 6.08. The number of hydrogen-bond donors (Lipinski definition) is 2. The summed E-state index contributed by atoms with van der Waals surface area (Å²) >= 11 is 0. The molecule has 2 N–H and O–H groups in total. The van der Waals surface area contributed by atoms with Gasteiger partial charge in [0, 0.05) is 50.4 Å². The molecule has 2 aliphatic heterocycles. The van der Waals surface area contributed by atoms with Crippen LogP contribution < -0.4 is 4.74 Å². The van der Waals surface area contributed by atoms with Gasteiger partial charge in [-0.3, -0.25) is 4.90 Å². The van der Waals surface area contributed by atoms with Crippen LogP contribution in [0.4, 0.5) is 0 Å². The van der Waals surface area contributed by atoms with Crippen LogP contribution in [-0.2, 0) is 11.3 Å². The molecule has 5 nitrogen and oxygen atoms in total. The van der Waals surface area contributed by atoms with Crippen molar-refractivity contribution < 1.29 is 14.6 Å². The number of allylic oxidation sites excluding steroid dienone is 3. The van der Waals surface area contributed by atoms with Gasteiger partial charge in [-0.2, -0.15) is 0 Å². The highest BCUT2D eigenvalue weighted by Gasteiger charge is 2.42. The van der Waals surface area contributed by atoms with E-state index in [0.29, 0.717) is 13.0 Å². The molecule has 0 unspecified atom stereocenters. The largest absolute Gasteiger partial charge is 0.462 e. The zero-order valence-corrected chi connectivity index (χ0v) is 16.4. The van der Waals surface area contributed by atoms with E-state index in [1.54, 1.807) is 0 Å². The summed E-state index contributed by atoms with van der Waals surface area (Å²) in [5.41, 5.74) is 2.84. The quantitative estimate of drug-likeness (QED) is 0.578. The van der Waals surface area contributed by atoms with E-state index >= 15 is 0 Å². The van der Waals surface area contributed by atoms with E-state index in [-0.39, 0.29) is 6.61 Å². The molecule has 1 aromatic carbocycles. The van der Waals surface area contributed by atoms with Crippen molar-refractivity contribution >= 4 is 11.8 Å². The SMILES string of the molecule is N=C/C(=C\C=C\CCO)c1ccc2c(c1)COC1(CCN(C3CCC3)CC1)O2. The molecule has 3 aliphatic rings. The van der Waals surface area contributed by atoms with E-state index in [2.05, 4.69) is 11.0 Å². The summed E-state index contributed by atoms with van der Waals surface area (Å²) in [6.07, 6.45) is 13.6. The van der Waals surface area contributed by atoms with E-state index in [0.717, 1.165) is 54.4 Å². The molecule has 1 aromatic rings. The maximum atomic E-state index is 8.85. The van der Waals surface area contributed by atoms with Gasteiger partial charge < -0.3 is 20.0 Å². The van der Waals surface area contributed by atoms with Crippen molar-refractivity contribution in [2.45, 2.75) is 57.0 Å². The van der Waals surface area contributed by atoms with Crippen LogP contribution in [0, 0.1) is 5.41 Å². The van der Waals surface area contributed by atoms with E-state index < -0.39 is 5.79 Å². The lowest BCUT2D eigenvalue weighted by Crippen LogP contribution is -2.54. The van der Waals surface area contributed by atoms with Crippen molar-refractivity contribution in [3.05, 3.63) is 47.6 Å². The first-order valence-electron chi connectivity index (χ1n) is 10.4. The van der Waals surface area contributed by atoms with Gasteiger partial charge in [-0.25, -0.2) is 0 Å². The second-order valence-corrected chi connectivity index (χ2v) is 7.95. The number of aliphatic hydroxyl groups is 1. The first kappa shape index (κ1) is 19.4. The number of aliphatic hydroxyl groups excluding tert-OH is 1. The Labute approximate surface area is 167 Å². The third-order valence-electron chi connectivity index (χ3n) is 6.19. The molecule has 150 valence electrons. The predicted octanol–water partition coefficient (Wildman–Crippen LogP) is 3.91. The second-order valence-electron chi connectivity index (χ2n) is 7.95. The van der Waals surface area contributed by atoms with Gasteiger partial charge in [0.15, 0.2) is 0 Å². The molecule has 0 radical (unpaired) electrons. The smallest absolute Gasteiger partial charge is 0.213 e. The van der Waals surface area contributed by atoms with Crippen LogP contribution in [0.25, 0.3) is 5.57 Å². The van der Waals surface area contributed by atoms with Crippen LogP contribution in [0.15, 0.2) is 36.4 Å². The Hall–Kier alpha value is -1.95. The Balaban J connectivity index is 1.43. The highest BCUT2D eigenvalue weighted by atomic mass is 16.7. The number of nitrogens with zero attached hydrogens (tertiary/aromatic N) is 1. The van der Waals surface area contributed by atoms with Crippen LogP contribution in [0.2, 0.25) is 0 Å². The van der Waals surface area contributed by atoms with Crippen molar-refractivity contribution in [1.82, 2.24) is 4.90 Å². The monoisotopic (exact) mass is 382 g/mol. The van der Waals surface area contributed by atoms with Crippen LogP contribution in [0.5, 0.6) is 5.75 Å². The lowest BCUT2D eigenvalue weighted by molar-refractivity contribution is -0.231. The lowest BCUT2D eigenvalue weighted by atomic mass is 9.89. The molecule has 1 aliphatic carbocycles. The molecule has 2 heterocycles. The standard InChI is InChI=1S/C23H30N2O3/c24-16-19(5-2-1-3-14-26)18-8-9-22-20(15-18)17-27-23(28-22)10-12-25(13-11-23)21-6-4-7-21/h1-2,5,8-9,15-16,21,24,26H,3-4,6-7,10-14,17H2/b2-1+,19-5+,24-16?. The van der Waals surface area contributed by atoms with E-state index in [9.17, 15) is 0 Å². The van der Waals surface area contributed by atoms with Crippen LogP contribution in [0.1, 0.15) is 49.7 Å². The average molecular weight is 383 g/mol. The molecule has 1 saturated heterocycles. The van der Waals surface area contributed by atoms with Gasteiger partial charge in [-0.1, -0.05) is 30.7 Å². The van der Waals surface area contributed by atoms with Crippen LogP contribution >= 0.6 is 0 Å². The summed E-state index contributed by atoms with van der Waals surface area (Å²) in [6.45, 7) is 2.80. The normalized spacial score (nSPS) is 22.7. The molecule has 1 saturated carbocycles. The number of fused-ring (bicyclic) bond motifs is 1. The zero-order chi connectivity index (χ0) is 19.4. The van der Waals surface area contributed by atoms with E-state index in [4.69, 9.17) is 20.0 Å². The number of ether oxygens (including phenoxy) is 2. The van der Waals surface area contributed by atoms with Crippen LogP contribution in [-0.4, -0.2) is 47.7 Å². The Morgan fingerprint density at radius 1 is 1.29 bits per heavy atom. The van der Waals surface area contributed by atoms with E-state index in [1.807, 2.05) is 30.4 Å². The molecule has 1 spiro atoms. The summed E-state index contributed by atoms with van der Waals surface area (Å²) in [4.78, 5) is 2.60. The molecule has 0 amide bonds. The summed E-state index contributed by atoms with van der Waals surface area (Å²) in [7, 11) is 0. The molecule has 5 heteroatoms. The predicted molar refractivity (Wildman–Crippen MR) is 111 cm³/mol. The number of hydrogen-bond acceptors (Lipinski definition) is 5. The first-order chi connectivity index (χ1) is 13.7. The minimum Gasteiger partial charge on any atom is -0.462 e. The third kappa shape index (κ3) is 4.07. The van der Waals surface area contributed by atoms with Gasteiger partial charge in [0.05, 0.1) is 6.61 Å². The van der Waals surface area contributed by atoms with Crippen LogP contribution in [0.3, 0.4) is 0 Å². The zero-order valence-electron chi connectivity index (χ0n) is 16.4. The first-order valence-corrected chi connectivity index (χ1v) is 10.4. The van der Waals surface area contributed by atoms with Crippen molar-refractivity contribution in [1.29, 1.82) is 5.41 Å².